The van der Waals surface area contributed by atoms with E-state index in [1.165, 1.54) is 19.1 Å². The summed E-state index contributed by atoms with van der Waals surface area (Å²) in [5.74, 6) is -0.802. The lowest BCUT2D eigenvalue weighted by Crippen LogP contribution is -2.29. The maximum Gasteiger partial charge on any atom is 0.300 e. The summed E-state index contributed by atoms with van der Waals surface area (Å²) in [5, 5.41) is 11.3. The Bertz CT molecular complexity index is 1260. The number of amides is 1. The van der Waals surface area contributed by atoms with E-state index >= 15 is 0 Å². The molecule has 3 aromatic rings. The molecule has 0 bridgehead atoms. The average Bonchev–Trinajstić information content (AvgIpc) is 3.10. The molecule has 168 valence electrons. The van der Waals surface area contributed by atoms with Gasteiger partial charge in [0.1, 0.15) is 5.76 Å². The zero-order chi connectivity index (χ0) is 23.7. The molecule has 6 nitrogen and oxygen atoms in total. The van der Waals surface area contributed by atoms with E-state index in [2.05, 4.69) is 0 Å². The van der Waals surface area contributed by atoms with E-state index in [0.717, 1.165) is 16.7 Å². The highest BCUT2D eigenvalue weighted by atomic mass is 16.5. The summed E-state index contributed by atoms with van der Waals surface area (Å²) in [7, 11) is 3.01. The minimum atomic E-state index is -0.776. The smallest absolute Gasteiger partial charge is 0.300 e. The summed E-state index contributed by atoms with van der Waals surface area (Å²) in [5.41, 5.74) is 3.78. The van der Waals surface area contributed by atoms with Crippen molar-refractivity contribution in [1.29, 1.82) is 0 Å². The normalized spacial score (nSPS) is 17.3. The van der Waals surface area contributed by atoms with Gasteiger partial charge in [0.05, 0.1) is 25.8 Å². The minimum absolute atomic E-state index is 0.0247. The Morgan fingerprint density at radius 1 is 0.848 bits per heavy atom. The van der Waals surface area contributed by atoms with E-state index in [1.807, 2.05) is 62.4 Å². The molecular weight excluding hydrogens is 418 g/mol. The molecular formula is C27H25NO5. The molecule has 0 saturated carbocycles. The van der Waals surface area contributed by atoms with Gasteiger partial charge in [-0.25, -0.2) is 0 Å². The van der Waals surface area contributed by atoms with E-state index in [4.69, 9.17) is 9.47 Å². The number of anilines is 1. The molecule has 6 heteroatoms. The maximum atomic E-state index is 13.3. The lowest BCUT2D eigenvalue weighted by Gasteiger charge is -2.26. The number of hydrogen-bond donors (Lipinski definition) is 1. The predicted octanol–water partition coefficient (Wildman–Crippen LogP) is 4.95. The zero-order valence-corrected chi connectivity index (χ0v) is 19.0. The molecule has 33 heavy (non-hydrogen) atoms. The van der Waals surface area contributed by atoms with E-state index in [1.54, 1.807) is 18.2 Å². The number of Topliss-reactive ketones (excluding diaryl/α,β-unsaturated/α-hetero) is 1. The highest BCUT2D eigenvalue weighted by molar-refractivity contribution is 6.51. The van der Waals surface area contributed by atoms with Gasteiger partial charge in [-0.15, -0.1) is 0 Å². The number of benzene rings is 3. The third-order valence-corrected chi connectivity index (χ3v) is 5.99. The van der Waals surface area contributed by atoms with Gasteiger partial charge in [-0.05, 0) is 60.9 Å². The van der Waals surface area contributed by atoms with Crippen molar-refractivity contribution in [3.05, 3.63) is 94.6 Å². The van der Waals surface area contributed by atoms with Crippen LogP contribution in [0.5, 0.6) is 11.5 Å². The number of rotatable bonds is 5. The Labute approximate surface area is 192 Å². The van der Waals surface area contributed by atoms with Crippen LogP contribution in [0.15, 0.2) is 72.3 Å². The van der Waals surface area contributed by atoms with Gasteiger partial charge in [-0.2, -0.15) is 0 Å². The molecule has 1 amide bonds. The van der Waals surface area contributed by atoms with Gasteiger partial charge in [0.15, 0.2) is 11.5 Å². The molecule has 1 atom stereocenters. The zero-order valence-electron chi connectivity index (χ0n) is 19.0. The van der Waals surface area contributed by atoms with Crippen molar-refractivity contribution in [3.63, 3.8) is 0 Å². The third kappa shape index (κ3) is 3.84. The van der Waals surface area contributed by atoms with Crippen molar-refractivity contribution < 1.29 is 24.2 Å². The molecule has 4 rings (SSSR count). The minimum Gasteiger partial charge on any atom is -0.507 e. The monoisotopic (exact) mass is 443 g/mol. The summed E-state index contributed by atoms with van der Waals surface area (Å²) in [4.78, 5) is 27.9. The number of ether oxygens (including phenoxy) is 2. The van der Waals surface area contributed by atoms with Crippen molar-refractivity contribution in [2.24, 2.45) is 0 Å². The number of aryl methyl sites for hydroxylation is 2. The molecule has 0 aromatic heterocycles. The molecule has 1 unspecified atom stereocenters. The molecule has 1 saturated heterocycles. The Balaban J connectivity index is 1.94. The van der Waals surface area contributed by atoms with Crippen LogP contribution in [0.1, 0.15) is 28.3 Å². The number of nitrogens with zero attached hydrogens (tertiary/aromatic N) is 1. The number of methoxy groups -OCH3 is 2. The Kier molecular flexibility index (Phi) is 5.92. The summed E-state index contributed by atoms with van der Waals surface area (Å²) in [6.45, 7) is 3.94. The second-order valence-corrected chi connectivity index (χ2v) is 7.92. The van der Waals surface area contributed by atoms with E-state index < -0.39 is 17.7 Å². The van der Waals surface area contributed by atoms with Crippen LogP contribution in [-0.4, -0.2) is 31.0 Å². The predicted molar refractivity (Wildman–Crippen MR) is 127 cm³/mol. The maximum absolute atomic E-state index is 13.3. The van der Waals surface area contributed by atoms with Crippen LogP contribution in [0.3, 0.4) is 0 Å². The van der Waals surface area contributed by atoms with Crippen molar-refractivity contribution in [2.45, 2.75) is 19.9 Å². The van der Waals surface area contributed by atoms with Crippen LogP contribution >= 0.6 is 0 Å². The Hall–Kier alpha value is -4.06. The Morgan fingerprint density at radius 2 is 1.55 bits per heavy atom. The standard InChI is InChI=1S/C27H25NO5/c1-16-10-12-20(14-17(16)2)28-24(18-8-6-5-7-9-18)23(26(30)27(28)31)25(29)19-11-13-21(32-3)22(15-19)33-4/h5-15,24,29H,1-4H3/b25-23+. The fourth-order valence-corrected chi connectivity index (χ4v) is 4.06. The number of aliphatic hydroxyl groups is 1. The number of carbonyl (C=O) groups is 2. The Morgan fingerprint density at radius 3 is 2.18 bits per heavy atom. The fraction of sp³-hybridized carbons (Fsp3) is 0.185. The van der Waals surface area contributed by atoms with Crippen LogP contribution in [0, 0.1) is 13.8 Å². The average molecular weight is 443 g/mol. The highest BCUT2D eigenvalue weighted by Gasteiger charge is 2.47. The molecule has 1 aliphatic heterocycles. The van der Waals surface area contributed by atoms with Crippen LogP contribution in [-0.2, 0) is 9.59 Å². The van der Waals surface area contributed by atoms with Crippen molar-refractivity contribution in [2.75, 3.05) is 19.1 Å². The number of ketones is 1. The first-order chi connectivity index (χ1) is 15.9. The molecule has 0 spiro atoms. The van der Waals surface area contributed by atoms with E-state index in [-0.39, 0.29) is 11.3 Å². The molecule has 1 heterocycles. The molecule has 0 radical (unpaired) electrons. The SMILES string of the molecule is COc1ccc(/C(O)=C2\C(=O)C(=O)N(c3ccc(C)c(C)c3)C2c2ccccc2)cc1OC. The molecule has 1 N–H and O–H groups in total. The van der Waals surface area contributed by atoms with E-state index in [0.29, 0.717) is 22.7 Å². The van der Waals surface area contributed by atoms with Gasteiger partial charge < -0.3 is 14.6 Å². The van der Waals surface area contributed by atoms with Crippen LogP contribution in [0.4, 0.5) is 5.69 Å². The summed E-state index contributed by atoms with van der Waals surface area (Å²) in [6, 6.07) is 18.9. The van der Waals surface area contributed by atoms with Crippen molar-refractivity contribution in [1.82, 2.24) is 0 Å². The summed E-state index contributed by atoms with van der Waals surface area (Å²) < 4.78 is 10.6. The van der Waals surface area contributed by atoms with Gasteiger partial charge >= 0.3 is 0 Å². The van der Waals surface area contributed by atoms with Crippen molar-refractivity contribution >= 4 is 23.1 Å². The van der Waals surface area contributed by atoms with Crippen LogP contribution in [0.2, 0.25) is 0 Å². The third-order valence-electron chi connectivity index (χ3n) is 5.99. The number of carbonyl (C=O) groups excluding carboxylic acids is 2. The molecule has 1 fully saturated rings. The van der Waals surface area contributed by atoms with Gasteiger partial charge in [0.2, 0.25) is 0 Å². The van der Waals surface area contributed by atoms with Gasteiger partial charge in [-0.1, -0.05) is 36.4 Å². The van der Waals surface area contributed by atoms with Gasteiger partial charge in [0, 0.05) is 11.3 Å². The number of aliphatic hydroxyl groups excluding tert-OH is 1. The fourth-order valence-electron chi connectivity index (χ4n) is 4.06. The van der Waals surface area contributed by atoms with Crippen LogP contribution < -0.4 is 14.4 Å². The van der Waals surface area contributed by atoms with Crippen LogP contribution in [0.25, 0.3) is 5.76 Å². The van der Waals surface area contributed by atoms with Gasteiger partial charge in [0.25, 0.3) is 11.7 Å². The first kappa shape index (κ1) is 22.1. The van der Waals surface area contributed by atoms with Crippen molar-refractivity contribution in [3.8, 4) is 11.5 Å². The summed E-state index contributed by atoms with van der Waals surface area (Å²) >= 11 is 0. The molecule has 0 aliphatic carbocycles. The molecule has 1 aliphatic rings. The first-order valence-corrected chi connectivity index (χ1v) is 10.5. The first-order valence-electron chi connectivity index (χ1n) is 10.5. The lowest BCUT2D eigenvalue weighted by molar-refractivity contribution is -0.132. The number of hydrogen-bond acceptors (Lipinski definition) is 5. The van der Waals surface area contributed by atoms with E-state index in [9.17, 15) is 14.7 Å². The largest absolute Gasteiger partial charge is 0.507 e. The lowest BCUT2D eigenvalue weighted by atomic mass is 9.95. The second-order valence-electron chi connectivity index (χ2n) is 7.92. The summed E-state index contributed by atoms with van der Waals surface area (Å²) in [6.07, 6.45) is 0. The topological polar surface area (TPSA) is 76.1 Å². The second kappa shape index (κ2) is 8.82. The van der Waals surface area contributed by atoms with Gasteiger partial charge in [-0.3, -0.25) is 14.5 Å². The quantitative estimate of drug-likeness (QED) is 0.343. The molecule has 3 aromatic carbocycles. The highest BCUT2D eigenvalue weighted by Crippen LogP contribution is 2.43.